The zero-order valence-electron chi connectivity index (χ0n) is 13.3. The van der Waals surface area contributed by atoms with Crippen molar-refractivity contribution in [3.8, 4) is 0 Å². The van der Waals surface area contributed by atoms with Crippen molar-refractivity contribution in [3.05, 3.63) is 33.8 Å². The molecule has 1 aromatic carbocycles. The van der Waals surface area contributed by atoms with Crippen molar-refractivity contribution in [2.24, 2.45) is 11.8 Å². The van der Waals surface area contributed by atoms with Crippen LogP contribution in [0.1, 0.15) is 57.9 Å². The van der Waals surface area contributed by atoms with Crippen molar-refractivity contribution in [2.45, 2.75) is 58.4 Å². The van der Waals surface area contributed by atoms with Gasteiger partial charge in [-0.15, -0.1) is 0 Å². The molecular weight excluding hydrogens is 301 g/mol. The van der Waals surface area contributed by atoms with Gasteiger partial charge >= 0.3 is 0 Å². The van der Waals surface area contributed by atoms with Crippen LogP contribution in [0.25, 0.3) is 0 Å². The lowest BCUT2D eigenvalue weighted by molar-refractivity contribution is 0.222. The molecule has 0 aromatic heterocycles. The van der Waals surface area contributed by atoms with E-state index in [1.54, 1.807) is 0 Å². The molecule has 0 radical (unpaired) electrons. The molecule has 0 spiro atoms. The minimum Gasteiger partial charge on any atom is -0.314 e. The number of benzene rings is 1. The molecule has 3 atom stereocenters. The molecule has 1 nitrogen and oxygen atoms in total. The van der Waals surface area contributed by atoms with Crippen LogP contribution < -0.4 is 5.32 Å². The minimum atomic E-state index is 0.545. The van der Waals surface area contributed by atoms with Crippen molar-refractivity contribution in [1.29, 1.82) is 0 Å². The Morgan fingerprint density at radius 1 is 1.19 bits per heavy atom. The van der Waals surface area contributed by atoms with Gasteiger partial charge in [-0.1, -0.05) is 62.9 Å². The molecule has 0 saturated heterocycles. The van der Waals surface area contributed by atoms with Gasteiger partial charge in [-0.05, 0) is 54.8 Å². The molecule has 3 heteroatoms. The van der Waals surface area contributed by atoms with Crippen molar-refractivity contribution >= 4 is 23.2 Å². The summed E-state index contributed by atoms with van der Waals surface area (Å²) in [6.45, 7) is 7.83. The Morgan fingerprint density at radius 2 is 1.95 bits per heavy atom. The quantitative estimate of drug-likeness (QED) is 0.709. The summed E-state index contributed by atoms with van der Waals surface area (Å²) < 4.78 is 0. The van der Waals surface area contributed by atoms with Crippen molar-refractivity contribution < 1.29 is 0 Å². The van der Waals surface area contributed by atoms with Gasteiger partial charge in [0.05, 0.1) is 10.0 Å². The second-order valence-electron chi connectivity index (χ2n) is 6.69. The van der Waals surface area contributed by atoms with E-state index >= 15 is 0 Å². The zero-order valence-corrected chi connectivity index (χ0v) is 14.8. The maximum absolute atomic E-state index is 6.23. The van der Waals surface area contributed by atoms with Crippen molar-refractivity contribution in [2.75, 3.05) is 6.54 Å². The molecular formula is C18H27Cl2N. The Morgan fingerprint density at radius 3 is 2.57 bits per heavy atom. The van der Waals surface area contributed by atoms with Gasteiger partial charge in [-0.3, -0.25) is 0 Å². The summed E-state index contributed by atoms with van der Waals surface area (Å²) >= 11 is 12.3. The largest absolute Gasteiger partial charge is 0.314 e. The highest BCUT2D eigenvalue weighted by Crippen LogP contribution is 2.42. The highest BCUT2D eigenvalue weighted by atomic mass is 35.5. The number of hydrogen-bond donors (Lipinski definition) is 1. The van der Waals surface area contributed by atoms with Crippen LogP contribution >= 0.6 is 23.2 Å². The van der Waals surface area contributed by atoms with E-state index in [1.165, 1.54) is 31.2 Å². The van der Waals surface area contributed by atoms with E-state index in [1.807, 2.05) is 6.07 Å². The third kappa shape index (κ3) is 4.61. The summed E-state index contributed by atoms with van der Waals surface area (Å²) in [7, 11) is 0. The summed E-state index contributed by atoms with van der Waals surface area (Å²) in [6, 6.07) is 6.74. The van der Waals surface area contributed by atoms with E-state index in [-0.39, 0.29) is 0 Å². The molecule has 0 bridgehead atoms. The molecule has 1 aliphatic carbocycles. The van der Waals surface area contributed by atoms with Crippen LogP contribution in [0.3, 0.4) is 0 Å². The predicted molar refractivity (Wildman–Crippen MR) is 93.5 cm³/mol. The second kappa shape index (κ2) is 7.85. The number of rotatable bonds is 5. The fraction of sp³-hybridized carbons (Fsp3) is 0.667. The minimum absolute atomic E-state index is 0.545. The van der Waals surface area contributed by atoms with Crippen molar-refractivity contribution in [3.63, 3.8) is 0 Å². The summed E-state index contributed by atoms with van der Waals surface area (Å²) in [5.41, 5.74) is 1.36. The lowest BCUT2D eigenvalue weighted by Gasteiger charge is -2.37. The summed E-state index contributed by atoms with van der Waals surface area (Å²) in [5, 5.41) is 4.95. The second-order valence-corrected chi connectivity index (χ2v) is 7.50. The van der Waals surface area contributed by atoms with Crippen LogP contribution in [0.2, 0.25) is 10.0 Å². The zero-order chi connectivity index (χ0) is 15.4. The molecule has 2 rings (SSSR count). The Hall–Kier alpha value is -0.240. The molecule has 0 aliphatic heterocycles. The maximum Gasteiger partial charge on any atom is 0.0595 e. The average molecular weight is 328 g/mol. The van der Waals surface area contributed by atoms with Gasteiger partial charge in [0.1, 0.15) is 0 Å². The van der Waals surface area contributed by atoms with Crippen LogP contribution in [0.5, 0.6) is 0 Å². The maximum atomic E-state index is 6.23. The monoisotopic (exact) mass is 327 g/mol. The van der Waals surface area contributed by atoms with E-state index in [0.29, 0.717) is 27.9 Å². The van der Waals surface area contributed by atoms with E-state index in [4.69, 9.17) is 23.2 Å². The molecule has 1 saturated carbocycles. The molecule has 21 heavy (non-hydrogen) atoms. The van der Waals surface area contributed by atoms with Gasteiger partial charge in [0.2, 0.25) is 0 Å². The van der Waals surface area contributed by atoms with Gasteiger partial charge in [0.25, 0.3) is 0 Å². The Balaban J connectivity index is 2.17. The topological polar surface area (TPSA) is 12.0 Å². The lowest BCUT2D eigenvalue weighted by Crippen LogP contribution is -2.35. The van der Waals surface area contributed by atoms with E-state index < -0.39 is 0 Å². The normalized spacial score (nSPS) is 26.3. The Kier molecular flexibility index (Phi) is 6.40. The number of hydrogen-bond acceptors (Lipinski definition) is 1. The fourth-order valence-corrected chi connectivity index (χ4v) is 3.78. The first-order valence-corrected chi connectivity index (χ1v) is 8.95. The first-order valence-electron chi connectivity index (χ1n) is 8.19. The molecule has 1 aromatic rings. The molecule has 1 fully saturated rings. The van der Waals surface area contributed by atoms with Gasteiger partial charge in [-0.2, -0.15) is 0 Å². The number of halogens is 2. The van der Waals surface area contributed by atoms with E-state index in [2.05, 4.69) is 38.2 Å². The SMILES string of the molecule is CCC1CCC(CNC(C)C)C(c2ccc(Cl)c(Cl)c2)C1. The fourth-order valence-electron chi connectivity index (χ4n) is 3.47. The van der Waals surface area contributed by atoms with Crippen molar-refractivity contribution in [1.82, 2.24) is 5.32 Å². The van der Waals surface area contributed by atoms with E-state index in [9.17, 15) is 0 Å². The molecule has 118 valence electrons. The smallest absolute Gasteiger partial charge is 0.0595 e. The molecule has 0 heterocycles. The van der Waals surface area contributed by atoms with Crippen LogP contribution in [0.15, 0.2) is 18.2 Å². The number of nitrogens with one attached hydrogen (secondary N) is 1. The van der Waals surface area contributed by atoms with Gasteiger partial charge < -0.3 is 5.32 Å². The van der Waals surface area contributed by atoms with Crippen LogP contribution in [0.4, 0.5) is 0 Å². The summed E-state index contributed by atoms with van der Waals surface area (Å²) in [5.74, 6) is 2.15. The third-order valence-electron chi connectivity index (χ3n) is 4.84. The first kappa shape index (κ1) is 17.1. The average Bonchev–Trinajstić information content (AvgIpc) is 2.47. The Bertz CT molecular complexity index is 459. The standard InChI is InChI=1S/C18H27Cl2N/c1-4-13-5-6-15(11-21-12(2)3)16(9-13)14-7-8-17(19)18(20)10-14/h7-8,10,12-13,15-16,21H,4-6,9,11H2,1-3H3. The third-order valence-corrected chi connectivity index (χ3v) is 5.58. The Labute approximate surface area is 139 Å². The highest BCUT2D eigenvalue weighted by Gasteiger charge is 2.31. The van der Waals surface area contributed by atoms with Crippen LogP contribution in [0, 0.1) is 11.8 Å². The van der Waals surface area contributed by atoms with Gasteiger partial charge in [0, 0.05) is 6.04 Å². The summed E-state index contributed by atoms with van der Waals surface area (Å²) in [4.78, 5) is 0. The van der Waals surface area contributed by atoms with Gasteiger partial charge in [0.15, 0.2) is 0 Å². The molecule has 0 amide bonds. The van der Waals surface area contributed by atoms with E-state index in [0.717, 1.165) is 12.5 Å². The van der Waals surface area contributed by atoms with Crippen LogP contribution in [-0.4, -0.2) is 12.6 Å². The molecule has 3 unspecified atom stereocenters. The van der Waals surface area contributed by atoms with Gasteiger partial charge in [-0.25, -0.2) is 0 Å². The first-order chi connectivity index (χ1) is 10.0. The summed E-state index contributed by atoms with van der Waals surface area (Å²) in [6.07, 6.45) is 5.23. The lowest BCUT2D eigenvalue weighted by atomic mass is 9.70. The molecule has 1 aliphatic rings. The highest BCUT2D eigenvalue weighted by molar-refractivity contribution is 6.42. The molecule has 1 N–H and O–H groups in total. The predicted octanol–water partition coefficient (Wildman–Crippen LogP) is 5.90. The van der Waals surface area contributed by atoms with Crippen LogP contribution in [-0.2, 0) is 0 Å².